The van der Waals surface area contributed by atoms with E-state index in [0.717, 1.165) is 11.1 Å². The molecule has 0 radical (unpaired) electrons. The summed E-state index contributed by atoms with van der Waals surface area (Å²) in [7, 11) is 0. The largest absolute Gasteiger partial charge is 0.480 e. The van der Waals surface area contributed by atoms with E-state index in [2.05, 4.69) is 10.3 Å². The molecule has 9 N–H and O–H groups in total. The quantitative estimate of drug-likeness (QED) is 0.172. The monoisotopic (exact) mass is 365 g/mol. The summed E-state index contributed by atoms with van der Waals surface area (Å²) in [4.78, 5) is 27.1. The fourth-order valence-corrected chi connectivity index (χ4v) is 2.32. The number of aliphatic carboxylic acids is 1. The number of hydrogen-bond donors (Lipinski definition) is 6. The number of carbonyl (C=O) groups is 2. The van der Waals surface area contributed by atoms with E-state index in [9.17, 15) is 19.8 Å². The zero-order chi connectivity index (χ0) is 19.7. The Morgan fingerprint density at radius 1 is 1.23 bits per heavy atom. The van der Waals surface area contributed by atoms with Crippen molar-refractivity contribution in [1.82, 2.24) is 5.32 Å². The Morgan fingerprint density at radius 2 is 1.85 bits per heavy atom. The van der Waals surface area contributed by atoms with Crippen molar-refractivity contribution in [2.24, 2.45) is 22.2 Å². The molecule has 0 bridgehead atoms. The Kier molecular flexibility index (Phi) is 8.53. The van der Waals surface area contributed by atoms with Crippen molar-refractivity contribution >= 4 is 17.8 Å². The van der Waals surface area contributed by atoms with E-state index in [4.69, 9.17) is 17.2 Å². The van der Waals surface area contributed by atoms with Crippen LogP contribution in [-0.4, -0.2) is 52.8 Å². The van der Waals surface area contributed by atoms with Crippen LogP contribution in [0.3, 0.4) is 0 Å². The molecule has 9 heteroatoms. The highest BCUT2D eigenvalue weighted by Crippen LogP contribution is 2.08. The molecule has 0 aliphatic heterocycles. The van der Waals surface area contributed by atoms with Crippen LogP contribution in [0.5, 0.6) is 0 Å². The second-order valence-corrected chi connectivity index (χ2v) is 6.15. The van der Waals surface area contributed by atoms with Gasteiger partial charge in [0.2, 0.25) is 0 Å². The van der Waals surface area contributed by atoms with Crippen LogP contribution in [0, 0.1) is 6.92 Å². The molecule has 2 unspecified atom stereocenters. The average molecular weight is 365 g/mol. The zero-order valence-corrected chi connectivity index (χ0v) is 14.8. The lowest BCUT2D eigenvalue weighted by Crippen LogP contribution is -2.52. The first-order valence-corrected chi connectivity index (χ1v) is 8.28. The summed E-state index contributed by atoms with van der Waals surface area (Å²) >= 11 is 0. The molecule has 144 valence electrons. The summed E-state index contributed by atoms with van der Waals surface area (Å²) in [6, 6.07) is 5.54. The number of aliphatic imine (C=N–C) groups is 1. The van der Waals surface area contributed by atoms with Gasteiger partial charge in [-0.2, -0.15) is 0 Å². The molecule has 0 saturated carbocycles. The highest BCUT2D eigenvalue weighted by molar-refractivity contribution is 5.86. The van der Waals surface area contributed by atoms with Crippen LogP contribution in [0.1, 0.15) is 24.0 Å². The van der Waals surface area contributed by atoms with E-state index in [1.54, 1.807) is 0 Å². The molecule has 1 aromatic carbocycles. The number of nitrogens with two attached hydrogens (primary N) is 3. The minimum Gasteiger partial charge on any atom is -0.480 e. The normalized spacial score (nSPS) is 14.1. The van der Waals surface area contributed by atoms with Crippen LogP contribution in [0.2, 0.25) is 0 Å². The number of benzene rings is 1. The topological polar surface area (TPSA) is 177 Å². The van der Waals surface area contributed by atoms with Gasteiger partial charge in [0.25, 0.3) is 5.91 Å². The highest BCUT2D eigenvalue weighted by atomic mass is 16.4. The standard InChI is InChI=1S/C17H27N5O4/c1-10-4-6-11(7-5-10)9-12(18)14(23)15(24)22-13(16(25)26)3-2-8-21-17(19)20/h4-7,12-14,23H,2-3,8-9,18H2,1H3,(H,22,24)(H,25,26)(H4,19,20,21)/t12?,13-,14?/m0/s1. The molecule has 0 aliphatic rings. The van der Waals surface area contributed by atoms with Gasteiger partial charge in [-0.1, -0.05) is 29.8 Å². The summed E-state index contributed by atoms with van der Waals surface area (Å²) in [5.41, 5.74) is 18.2. The Hall–Kier alpha value is -2.65. The Balaban J connectivity index is 2.56. The third-order valence-corrected chi connectivity index (χ3v) is 3.83. The van der Waals surface area contributed by atoms with Gasteiger partial charge in [-0.15, -0.1) is 0 Å². The lowest BCUT2D eigenvalue weighted by Gasteiger charge is -2.21. The van der Waals surface area contributed by atoms with Gasteiger partial charge in [0.05, 0.1) is 0 Å². The molecule has 0 heterocycles. The van der Waals surface area contributed by atoms with Crippen LogP contribution in [0.25, 0.3) is 0 Å². The van der Waals surface area contributed by atoms with Gasteiger partial charge in [0.15, 0.2) is 5.96 Å². The van der Waals surface area contributed by atoms with Gasteiger partial charge < -0.3 is 32.7 Å². The summed E-state index contributed by atoms with van der Waals surface area (Å²) < 4.78 is 0. The predicted molar refractivity (Wildman–Crippen MR) is 98.3 cm³/mol. The van der Waals surface area contributed by atoms with Gasteiger partial charge >= 0.3 is 5.97 Å². The Bertz CT molecular complexity index is 629. The maximum Gasteiger partial charge on any atom is 0.326 e. The Labute approximate surface area is 152 Å². The SMILES string of the molecule is Cc1ccc(CC(N)C(O)C(=O)N[C@@H](CCCN=C(N)N)C(=O)O)cc1. The van der Waals surface area contributed by atoms with Crippen molar-refractivity contribution in [3.05, 3.63) is 35.4 Å². The summed E-state index contributed by atoms with van der Waals surface area (Å²) in [6.45, 7) is 2.20. The van der Waals surface area contributed by atoms with E-state index in [0.29, 0.717) is 6.42 Å². The van der Waals surface area contributed by atoms with E-state index < -0.39 is 30.1 Å². The number of nitrogens with zero attached hydrogens (tertiary/aromatic N) is 1. The van der Waals surface area contributed by atoms with E-state index >= 15 is 0 Å². The van der Waals surface area contributed by atoms with Crippen molar-refractivity contribution in [3.63, 3.8) is 0 Å². The second kappa shape index (κ2) is 10.4. The molecule has 1 amide bonds. The molecular formula is C17H27N5O4. The van der Waals surface area contributed by atoms with Crippen molar-refractivity contribution in [2.75, 3.05) is 6.54 Å². The summed E-state index contributed by atoms with van der Waals surface area (Å²) in [5.74, 6) is -2.11. The van der Waals surface area contributed by atoms with Gasteiger partial charge in [-0.3, -0.25) is 9.79 Å². The predicted octanol–water partition coefficient (Wildman–Crippen LogP) is -1.15. The number of aliphatic hydroxyl groups excluding tert-OH is 1. The molecule has 9 nitrogen and oxygen atoms in total. The maximum absolute atomic E-state index is 12.1. The number of aliphatic hydroxyl groups is 1. The number of guanidine groups is 1. The van der Waals surface area contributed by atoms with Crippen LogP contribution >= 0.6 is 0 Å². The fraction of sp³-hybridized carbons (Fsp3) is 0.471. The van der Waals surface area contributed by atoms with Crippen LogP contribution in [0.15, 0.2) is 29.3 Å². The molecule has 1 rings (SSSR count). The minimum atomic E-state index is -1.52. The number of aryl methyl sites for hydroxylation is 1. The smallest absolute Gasteiger partial charge is 0.326 e. The fourth-order valence-electron chi connectivity index (χ4n) is 2.32. The first-order valence-electron chi connectivity index (χ1n) is 8.28. The van der Waals surface area contributed by atoms with E-state index in [1.807, 2.05) is 31.2 Å². The number of hydrogen-bond acceptors (Lipinski definition) is 5. The third-order valence-electron chi connectivity index (χ3n) is 3.83. The van der Waals surface area contributed by atoms with Crippen molar-refractivity contribution in [1.29, 1.82) is 0 Å². The van der Waals surface area contributed by atoms with Crippen molar-refractivity contribution < 1.29 is 19.8 Å². The molecule has 3 atom stereocenters. The molecule has 0 aliphatic carbocycles. The lowest BCUT2D eigenvalue weighted by atomic mass is 10.0. The second-order valence-electron chi connectivity index (χ2n) is 6.15. The van der Waals surface area contributed by atoms with Gasteiger partial charge in [-0.05, 0) is 31.7 Å². The first-order chi connectivity index (χ1) is 12.2. The van der Waals surface area contributed by atoms with Crippen LogP contribution in [0.4, 0.5) is 0 Å². The maximum atomic E-state index is 12.1. The lowest BCUT2D eigenvalue weighted by molar-refractivity contribution is -0.143. The molecule has 1 aromatic rings. The number of rotatable bonds is 10. The van der Waals surface area contributed by atoms with Gasteiger partial charge in [0.1, 0.15) is 12.1 Å². The number of amides is 1. The van der Waals surface area contributed by atoms with Crippen LogP contribution < -0.4 is 22.5 Å². The van der Waals surface area contributed by atoms with Crippen molar-refractivity contribution in [2.45, 2.75) is 44.4 Å². The number of carbonyl (C=O) groups excluding carboxylic acids is 1. The van der Waals surface area contributed by atoms with Gasteiger partial charge in [0, 0.05) is 12.6 Å². The molecule has 0 aromatic heterocycles. The summed E-state index contributed by atoms with van der Waals surface area (Å²) in [5, 5.41) is 21.6. The number of nitrogens with one attached hydrogen (secondary N) is 1. The molecule has 0 fully saturated rings. The molecular weight excluding hydrogens is 338 g/mol. The van der Waals surface area contributed by atoms with E-state index in [-0.39, 0.29) is 25.3 Å². The molecule has 26 heavy (non-hydrogen) atoms. The zero-order valence-electron chi connectivity index (χ0n) is 14.8. The molecule has 0 saturated heterocycles. The average Bonchev–Trinajstić information content (AvgIpc) is 2.58. The van der Waals surface area contributed by atoms with Gasteiger partial charge in [-0.25, -0.2) is 4.79 Å². The first kappa shape index (κ1) is 21.4. The third kappa shape index (κ3) is 7.49. The number of carboxylic acid groups (broad SMARTS) is 1. The molecule has 0 spiro atoms. The number of carboxylic acids is 1. The van der Waals surface area contributed by atoms with E-state index in [1.165, 1.54) is 0 Å². The Morgan fingerprint density at radius 3 is 2.38 bits per heavy atom. The summed E-state index contributed by atoms with van der Waals surface area (Å²) in [6.07, 6.45) is -0.744. The highest BCUT2D eigenvalue weighted by Gasteiger charge is 2.27. The minimum absolute atomic E-state index is 0.0848. The van der Waals surface area contributed by atoms with Crippen LogP contribution in [-0.2, 0) is 16.0 Å². The van der Waals surface area contributed by atoms with Crippen molar-refractivity contribution in [3.8, 4) is 0 Å².